The first-order valence-electron chi connectivity index (χ1n) is 8.30. The first-order valence-corrected chi connectivity index (χ1v) is 8.30. The van der Waals surface area contributed by atoms with E-state index in [0.717, 1.165) is 25.0 Å². The fourth-order valence-electron chi connectivity index (χ4n) is 3.26. The molecule has 0 radical (unpaired) electrons. The smallest absolute Gasteiger partial charge is 0.387 e. The molecule has 2 aromatic carbocycles. The zero-order valence-corrected chi connectivity index (χ0v) is 13.7. The van der Waals surface area contributed by atoms with Gasteiger partial charge in [0.05, 0.1) is 22.1 Å². The molecular formula is C18H12F4N4O. The molecule has 1 aliphatic rings. The number of benzene rings is 2. The van der Waals surface area contributed by atoms with Crippen molar-refractivity contribution in [2.45, 2.75) is 25.5 Å². The van der Waals surface area contributed by atoms with Crippen LogP contribution in [0.4, 0.5) is 17.6 Å². The van der Waals surface area contributed by atoms with Crippen LogP contribution in [0.25, 0.3) is 28.0 Å². The highest BCUT2D eigenvalue weighted by Crippen LogP contribution is 2.40. The molecule has 0 atom stereocenters. The minimum absolute atomic E-state index is 0.00887. The van der Waals surface area contributed by atoms with Crippen molar-refractivity contribution in [3.05, 3.63) is 48.3 Å². The Morgan fingerprint density at radius 1 is 1.00 bits per heavy atom. The fraction of sp³-hybridized carbons (Fsp3) is 0.222. The van der Waals surface area contributed by atoms with Crippen molar-refractivity contribution in [1.29, 1.82) is 0 Å². The second kappa shape index (κ2) is 5.70. The highest BCUT2D eigenvalue weighted by Gasteiger charge is 2.30. The summed E-state index contributed by atoms with van der Waals surface area (Å²) in [7, 11) is 0. The maximum atomic E-state index is 13.8. The molecule has 5 rings (SSSR count). The maximum Gasteiger partial charge on any atom is 0.387 e. The highest BCUT2D eigenvalue weighted by atomic mass is 19.3. The number of ether oxygens (including phenoxy) is 1. The number of alkyl halides is 2. The van der Waals surface area contributed by atoms with E-state index < -0.39 is 18.2 Å². The summed E-state index contributed by atoms with van der Waals surface area (Å²) in [5, 5.41) is 0. The van der Waals surface area contributed by atoms with Gasteiger partial charge < -0.3 is 9.30 Å². The average molecular weight is 376 g/mol. The molecule has 9 heteroatoms. The van der Waals surface area contributed by atoms with Crippen LogP contribution in [0.5, 0.6) is 5.75 Å². The van der Waals surface area contributed by atoms with Gasteiger partial charge in [0.1, 0.15) is 12.1 Å². The average Bonchev–Trinajstić information content (AvgIpc) is 3.27. The van der Waals surface area contributed by atoms with Gasteiger partial charge in [-0.2, -0.15) is 8.78 Å². The topological polar surface area (TPSA) is 44.9 Å². The van der Waals surface area contributed by atoms with Crippen LogP contribution >= 0.6 is 0 Å². The predicted molar refractivity (Wildman–Crippen MR) is 89.2 cm³/mol. The monoisotopic (exact) mass is 376 g/mol. The molecule has 5 nitrogen and oxygen atoms in total. The lowest BCUT2D eigenvalue weighted by molar-refractivity contribution is -0.0497. The summed E-state index contributed by atoms with van der Waals surface area (Å²) in [6.07, 6.45) is 3.29. The van der Waals surface area contributed by atoms with Gasteiger partial charge in [-0.3, -0.25) is 4.57 Å². The van der Waals surface area contributed by atoms with E-state index in [9.17, 15) is 17.6 Å². The summed E-state index contributed by atoms with van der Waals surface area (Å²) in [6, 6.07) is 6.70. The van der Waals surface area contributed by atoms with E-state index in [0.29, 0.717) is 28.0 Å². The first kappa shape index (κ1) is 16.1. The summed E-state index contributed by atoms with van der Waals surface area (Å²) < 4.78 is 60.4. The molecule has 138 valence electrons. The minimum atomic E-state index is -2.94. The molecule has 0 N–H and O–H groups in total. The number of hydrogen-bond donors (Lipinski definition) is 0. The molecule has 2 aromatic heterocycles. The molecule has 0 bridgehead atoms. The van der Waals surface area contributed by atoms with Crippen LogP contribution in [-0.4, -0.2) is 25.7 Å². The van der Waals surface area contributed by atoms with Gasteiger partial charge in [0.2, 0.25) is 5.95 Å². The lowest BCUT2D eigenvalue weighted by Crippen LogP contribution is -2.05. The number of fused-ring (bicyclic) bond motifs is 2. The van der Waals surface area contributed by atoms with E-state index >= 15 is 0 Å². The summed E-state index contributed by atoms with van der Waals surface area (Å²) in [4.78, 5) is 8.71. The Hall–Kier alpha value is -3.10. The third-order valence-electron chi connectivity index (χ3n) is 4.58. The standard InChI is InChI=1S/C18H12F4N4O/c19-11-6-14-16(7-12(11)20)26(9-1-2-9)18(24-14)25-8-23-13-4-3-10(5-15(13)25)27-17(21)22/h3-9,17H,1-2H2. The quantitative estimate of drug-likeness (QED) is 0.490. The Balaban J connectivity index is 1.74. The normalized spacial score (nSPS) is 14.6. The van der Waals surface area contributed by atoms with E-state index in [1.54, 1.807) is 10.6 Å². The third-order valence-corrected chi connectivity index (χ3v) is 4.58. The number of hydrogen-bond acceptors (Lipinski definition) is 3. The molecule has 1 saturated carbocycles. The van der Waals surface area contributed by atoms with Gasteiger partial charge in [-0.1, -0.05) is 0 Å². The molecule has 0 unspecified atom stereocenters. The van der Waals surface area contributed by atoms with Gasteiger partial charge >= 0.3 is 6.61 Å². The lowest BCUT2D eigenvalue weighted by atomic mass is 10.3. The Kier molecular flexibility index (Phi) is 3.40. The third kappa shape index (κ3) is 2.61. The number of imidazole rings is 2. The van der Waals surface area contributed by atoms with Crippen LogP contribution in [0.1, 0.15) is 18.9 Å². The number of aromatic nitrogens is 4. The lowest BCUT2D eigenvalue weighted by Gasteiger charge is -2.10. The number of rotatable bonds is 4. The van der Waals surface area contributed by atoms with Crippen molar-refractivity contribution in [2.75, 3.05) is 0 Å². The van der Waals surface area contributed by atoms with Gasteiger partial charge in [0.25, 0.3) is 0 Å². The zero-order chi connectivity index (χ0) is 18.7. The molecule has 1 fully saturated rings. The van der Waals surface area contributed by atoms with E-state index in [2.05, 4.69) is 14.7 Å². The highest BCUT2D eigenvalue weighted by molar-refractivity contribution is 5.82. The van der Waals surface area contributed by atoms with Crippen LogP contribution < -0.4 is 4.74 Å². The largest absolute Gasteiger partial charge is 0.435 e. The Morgan fingerprint density at radius 2 is 1.78 bits per heavy atom. The van der Waals surface area contributed by atoms with Crippen LogP contribution in [-0.2, 0) is 0 Å². The van der Waals surface area contributed by atoms with Gasteiger partial charge in [-0.15, -0.1) is 0 Å². The molecule has 0 amide bonds. The van der Waals surface area contributed by atoms with Crippen LogP contribution in [0.15, 0.2) is 36.7 Å². The molecule has 4 aromatic rings. The second-order valence-corrected chi connectivity index (χ2v) is 6.41. The van der Waals surface area contributed by atoms with E-state index in [-0.39, 0.29) is 11.8 Å². The van der Waals surface area contributed by atoms with E-state index in [4.69, 9.17) is 0 Å². The second-order valence-electron chi connectivity index (χ2n) is 6.41. The molecule has 27 heavy (non-hydrogen) atoms. The van der Waals surface area contributed by atoms with E-state index in [1.165, 1.54) is 18.5 Å². The Bertz CT molecular complexity index is 1180. The fourth-order valence-corrected chi connectivity index (χ4v) is 3.26. The van der Waals surface area contributed by atoms with Crippen molar-refractivity contribution in [3.63, 3.8) is 0 Å². The summed E-state index contributed by atoms with van der Waals surface area (Å²) in [5.74, 6) is -1.50. The molecule has 0 spiro atoms. The molecule has 0 saturated heterocycles. The molecule has 2 heterocycles. The van der Waals surface area contributed by atoms with Gasteiger partial charge in [0, 0.05) is 24.2 Å². The molecular weight excluding hydrogens is 364 g/mol. The number of nitrogens with zero attached hydrogens (tertiary/aromatic N) is 4. The Morgan fingerprint density at radius 3 is 2.52 bits per heavy atom. The molecule has 1 aliphatic carbocycles. The van der Waals surface area contributed by atoms with Crippen LogP contribution in [0.3, 0.4) is 0 Å². The number of halogens is 4. The SMILES string of the molecule is Fc1cc2nc(-n3cnc4ccc(OC(F)F)cc43)n(C3CC3)c2cc1F. The minimum Gasteiger partial charge on any atom is -0.435 e. The van der Waals surface area contributed by atoms with Crippen molar-refractivity contribution in [2.24, 2.45) is 0 Å². The van der Waals surface area contributed by atoms with Crippen molar-refractivity contribution < 1.29 is 22.3 Å². The van der Waals surface area contributed by atoms with Gasteiger partial charge in [-0.25, -0.2) is 18.7 Å². The Labute approximate surface area is 149 Å². The van der Waals surface area contributed by atoms with Crippen molar-refractivity contribution >= 4 is 22.1 Å². The molecule has 0 aliphatic heterocycles. The van der Waals surface area contributed by atoms with Crippen molar-refractivity contribution in [1.82, 2.24) is 19.1 Å². The first-order chi connectivity index (χ1) is 13.0. The van der Waals surface area contributed by atoms with Gasteiger partial charge in [0.15, 0.2) is 11.6 Å². The van der Waals surface area contributed by atoms with Crippen LogP contribution in [0.2, 0.25) is 0 Å². The zero-order valence-electron chi connectivity index (χ0n) is 13.7. The van der Waals surface area contributed by atoms with E-state index in [1.807, 2.05) is 4.57 Å². The maximum absolute atomic E-state index is 13.8. The van der Waals surface area contributed by atoms with Gasteiger partial charge in [-0.05, 0) is 25.0 Å². The van der Waals surface area contributed by atoms with Crippen molar-refractivity contribution in [3.8, 4) is 11.7 Å². The van der Waals surface area contributed by atoms with Crippen LogP contribution in [0, 0.1) is 11.6 Å². The summed E-state index contributed by atoms with van der Waals surface area (Å²) in [5.41, 5.74) is 1.86. The summed E-state index contributed by atoms with van der Waals surface area (Å²) >= 11 is 0. The predicted octanol–water partition coefficient (Wildman–Crippen LogP) is 4.59. The summed E-state index contributed by atoms with van der Waals surface area (Å²) in [6.45, 7) is -2.94.